The Hall–Kier alpha value is -0.690. The number of hydrogen-bond acceptors (Lipinski definition) is 3. The Labute approximate surface area is 101 Å². The van der Waals surface area contributed by atoms with Crippen molar-refractivity contribution in [1.29, 1.82) is 5.26 Å². The van der Waals surface area contributed by atoms with Gasteiger partial charge in [0, 0.05) is 24.8 Å². The van der Waals surface area contributed by atoms with Crippen molar-refractivity contribution >= 4 is 17.7 Å². The zero-order chi connectivity index (χ0) is 11.6. The fraction of sp³-hybridized carbons (Fsp3) is 0.833. The number of rotatable bonds is 1. The minimum absolute atomic E-state index is 0.207. The lowest BCUT2D eigenvalue weighted by molar-refractivity contribution is -0.136. The van der Waals surface area contributed by atoms with Crippen LogP contribution in [0.2, 0.25) is 0 Å². The summed E-state index contributed by atoms with van der Waals surface area (Å²) in [6.07, 6.45) is 2.69. The molecule has 88 valence electrons. The Bertz CT molecular complexity index is 309. The van der Waals surface area contributed by atoms with Crippen molar-refractivity contribution < 1.29 is 4.79 Å². The topological polar surface area (TPSA) is 44.1 Å². The highest BCUT2D eigenvalue weighted by atomic mass is 32.2. The van der Waals surface area contributed by atoms with E-state index in [1.54, 1.807) is 0 Å². The molecule has 0 N–H and O–H groups in total. The number of likely N-dealkylation sites (tertiary alicyclic amines) is 1. The molecule has 1 atom stereocenters. The van der Waals surface area contributed by atoms with Crippen LogP contribution in [0.3, 0.4) is 0 Å². The van der Waals surface area contributed by atoms with Gasteiger partial charge in [0.15, 0.2) is 0 Å². The van der Waals surface area contributed by atoms with Crippen LogP contribution in [0.15, 0.2) is 0 Å². The third-order valence-electron chi connectivity index (χ3n) is 3.73. The summed E-state index contributed by atoms with van der Waals surface area (Å²) in [7, 11) is 0. The van der Waals surface area contributed by atoms with Crippen LogP contribution >= 0.6 is 11.8 Å². The zero-order valence-electron chi connectivity index (χ0n) is 9.74. The molecule has 1 unspecified atom stereocenters. The van der Waals surface area contributed by atoms with E-state index in [1.807, 2.05) is 23.6 Å². The fourth-order valence-corrected chi connectivity index (χ4v) is 3.53. The Morgan fingerprint density at radius 1 is 1.50 bits per heavy atom. The molecular weight excluding hydrogens is 220 g/mol. The molecule has 2 rings (SSSR count). The molecule has 2 fully saturated rings. The number of piperidine rings is 1. The number of carbonyl (C=O) groups is 1. The Morgan fingerprint density at radius 3 is 2.69 bits per heavy atom. The minimum Gasteiger partial charge on any atom is -0.342 e. The van der Waals surface area contributed by atoms with Crippen LogP contribution in [-0.4, -0.2) is 35.4 Å². The fourth-order valence-electron chi connectivity index (χ4n) is 2.32. The van der Waals surface area contributed by atoms with Gasteiger partial charge in [0.05, 0.1) is 11.5 Å². The average molecular weight is 238 g/mol. The summed E-state index contributed by atoms with van der Waals surface area (Å²) in [5.41, 5.74) is -0.207. The van der Waals surface area contributed by atoms with Gasteiger partial charge >= 0.3 is 0 Å². The Kier molecular flexibility index (Phi) is 3.44. The summed E-state index contributed by atoms with van der Waals surface area (Å²) in [6, 6.07) is 2.37. The summed E-state index contributed by atoms with van der Waals surface area (Å²) in [4.78, 5) is 14.1. The van der Waals surface area contributed by atoms with E-state index in [4.69, 9.17) is 5.26 Å². The Balaban J connectivity index is 1.89. The molecular formula is C12H18N2OS. The first-order chi connectivity index (χ1) is 7.64. The maximum absolute atomic E-state index is 12.1. The normalized spacial score (nSPS) is 28.8. The molecule has 0 aromatic heterocycles. The summed E-state index contributed by atoms with van der Waals surface area (Å²) < 4.78 is 0. The van der Waals surface area contributed by atoms with Crippen LogP contribution in [0.4, 0.5) is 0 Å². The number of nitrogens with zero attached hydrogens (tertiary/aromatic N) is 2. The molecule has 2 aliphatic rings. The molecule has 0 radical (unpaired) electrons. The summed E-state index contributed by atoms with van der Waals surface area (Å²) in [5.74, 6) is 2.69. The second-order valence-electron chi connectivity index (χ2n) is 5.06. The summed E-state index contributed by atoms with van der Waals surface area (Å²) in [6.45, 7) is 3.54. The smallest absolute Gasteiger partial charge is 0.226 e. The predicted molar refractivity (Wildman–Crippen MR) is 65.0 cm³/mol. The van der Waals surface area contributed by atoms with E-state index >= 15 is 0 Å². The number of thioether (sulfide) groups is 1. The van der Waals surface area contributed by atoms with Gasteiger partial charge in [-0.1, -0.05) is 0 Å². The molecule has 0 aromatic carbocycles. The molecule has 2 heterocycles. The van der Waals surface area contributed by atoms with Gasteiger partial charge in [-0.15, -0.1) is 0 Å². The number of carbonyl (C=O) groups excluding carboxylic acids is 1. The van der Waals surface area contributed by atoms with Gasteiger partial charge in [-0.25, -0.2) is 0 Å². The van der Waals surface area contributed by atoms with Crippen molar-refractivity contribution in [2.24, 2.45) is 11.3 Å². The van der Waals surface area contributed by atoms with Crippen LogP contribution in [0.5, 0.6) is 0 Å². The van der Waals surface area contributed by atoms with Crippen molar-refractivity contribution in [3.8, 4) is 6.07 Å². The molecule has 4 heteroatoms. The van der Waals surface area contributed by atoms with Gasteiger partial charge in [0.2, 0.25) is 5.91 Å². The van der Waals surface area contributed by atoms with Gasteiger partial charge in [-0.05, 0) is 31.9 Å². The third-order valence-corrected chi connectivity index (χ3v) is 4.89. The average Bonchev–Trinajstić information content (AvgIpc) is 2.83. The Morgan fingerprint density at radius 2 is 2.19 bits per heavy atom. The first-order valence-corrected chi connectivity index (χ1v) is 7.08. The molecule has 1 amide bonds. The first kappa shape index (κ1) is 11.8. The van der Waals surface area contributed by atoms with E-state index in [0.717, 1.165) is 43.9 Å². The predicted octanol–water partition coefficient (Wildman–Crippen LogP) is 1.89. The maximum atomic E-state index is 12.1. The molecule has 0 spiro atoms. The lowest BCUT2D eigenvalue weighted by Crippen LogP contribution is -2.44. The highest BCUT2D eigenvalue weighted by Crippen LogP contribution is 2.32. The lowest BCUT2D eigenvalue weighted by atomic mass is 9.82. The summed E-state index contributed by atoms with van der Waals surface area (Å²) in [5, 5.41) is 9.03. The van der Waals surface area contributed by atoms with E-state index in [0.29, 0.717) is 5.91 Å². The summed E-state index contributed by atoms with van der Waals surface area (Å²) >= 11 is 1.88. The maximum Gasteiger partial charge on any atom is 0.226 e. The lowest BCUT2D eigenvalue weighted by Gasteiger charge is -2.36. The van der Waals surface area contributed by atoms with E-state index in [-0.39, 0.29) is 11.3 Å². The van der Waals surface area contributed by atoms with Crippen LogP contribution in [-0.2, 0) is 4.79 Å². The molecule has 0 saturated carbocycles. The molecule has 0 aliphatic carbocycles. The quantitative estimate of drug-likeness (QED) is 0.700. The number of amides is 1. The number of nitriles is 1. The van der Waals surface area contributed by atoms with Gasteiger partial charge < -0.3 is 4.90 Å². The molecule has 16 heavy (non-hydrogen) atoms. The van der Waals surface area contributed by atoms with Gasteiger partial charge in [-0.3, -0.25) is 4.79 Å². The molecule has 2 aliphatic heterocycles. The first-order valence-electron chi connectivity index (χ1n) is 5.92. The van der Waals surface area contributed by atoms with Crippen molar-refractivity contribution in [1.82, 2.24) is 4.90 Å². The molecule has 2 saturated heterocycles. The van der Waals surface area contributed by atoms with Crippen molar-refractivity contribution in [3.63, 3.8) is 0 Å². The second kappa shape index (κ2) is 4.67. The monoisotopic (exact) mass is 238 g/mol. The van der Waals surface area contributed by atoms with Crippen molar-refractivity contribution in [2.75, 3.05) is 24.6 Å². The van der Waals surface area contributed by atoms with E-state index in [1.165, 1.54) is 0 Å². The molecule has 0 bridgehead atoms. The van der Waals surface area contributed by atoms with E-state index in [2.05, 4.69) is 6.07 Å². The molecule has 3 nitrogen and oxygen atoms in total. The van der Waals surface area contributed by atoms with Crippen LogP contribution in [0.25, 0.3) is 0 Å². The van der Waals surface area contributed by atoms with Crippen molar-refractivity contribution in [2.45, 2.75) is 26.2 Å². The number of hydrogen-bond donors (Lipinski definition) is 0. The minimum atomic E-state index is -0.207. The van der Waals surface area contributed by atoms with Gasteiger partial charge in [-0.2, -0.15) is 17.0 Å². The third kappa shape index (κ3) is 2.35. The van der Waals surface area contributed by atoms with Crippen LogP contribution in [0, 0.1) is 22.7 Å². The largest absolute Gasteiger partial charge is 0.342 e. The van der Waals surface area contributed by atoms with E-state index < -0.39 is 0 Å². The van der Waals surface area contributed by atoms with Crippen molar-refractivity contribution in [3.05, 3.63) is 0 Å². The van der Waals surface area contributed by atoms with E-state index in [9.17, 15) is 4.79 Å². The van der Waals surface area contributed by atoms with Gasteiger partial charge in [0.25, 0.3) is 0 Å². The molecule has 0 aromatic rings. The van der Waals surface area contributed by atoms with Gasteiger partial charge in [0.1, 0.15) is 0 Å². The highest BCUT2D eigenvalue weighted by molar-refractivity contribution is 7.99. The van der Waals surface area contributed by atoms with Crippen LogP contribution in [0.1, 0.15) is 26.2 Å². The van der Waals surface area contributed by atoms with Crippen LogP contribution < -0.4 is 0 Å². The standard InChI is InChI=1S/C12H18N2OS/c1-12(9-13)3-5-14(6-4-12)11(15)10-2-7-16-8-10/h10H,2-8H2,1H3. The second-order valence-corrected chi connectivity index (χ2v) is 6.21. The zero-order valence-corrected chi connectivity index (χ0v) is 10.6. The SMILES string of the molecule is CC1(C#N)CCN(C(=O)C2CCSC2)CC1. The highest BCUT2D eigenvalue weighted by Gasteiger charge is 2.34.